The van der Waals surface area contributed by atoms with Crippen LogP contribution >= 0.6 is 0 Å². The summed E-state index contributed by atoms with van der Waals surface area (Å²) in [7, 11) is 2.45. The van der Waals surface area contributed by atoms with Crippen molar-refractivity contribution in [2.75, 3.05) is 14.2 Å². The van der Waals surface area contributed by atoms with Crippen molar-refractivity contribution in [3.05, 3.63) is 23.0 Å². The molecule has 0 unspecified atom stereocenters. The van der Waals surface area contributed by atoms with E-state index >= 15 is 0 Å². The van der Waals surface area contributed by atoms with E-state index in [2.05, 4.69) is 9.72 Å². The molecule has 100 valence electrons. The molecule has 0 atom stereocenters. The number of hydrogen-bond acceptors (Lipinski definition) is 5. The Bertz CT molecular complexity index is 439. The van der Waals surface area contributed by atoms with E-state index in [-0.39, 0.29) is 24.3 Å². The molecule has 0 amide bonds. The van der Waals surface area contributed by atoms with Gasteiger partial charge < -0.3 is 15.2 Å². The number of pyridine rings is 1. The highest BCUT2D eigenvalue weighted by atomic mass is 19.3. The van der Waals surface area contributed by atoms with Gasteiger partial charge in [0.15, 0.2) is 0 Å². The molecule has 1 rings (SSSR count). The maximum atomic E-state index is 12.8. The Balaban J connectivity index is 3.32. The van der Waals surface area contributed by atoms with Crippen LogP contribution in [0.1, 0.15) is 23.2 Å². The number of alkyl halides is 2. The van der Waals surface area contributed by atoms with Gasteiger partial charge in [-0.1, -0.05) is 0 Å². The topological polar surface area (TPSA) is 74.4 Å². The van der Waals surface area contributed by atoms with Gasteiger partial charge in [-0.2, -0.15) is 0 Å². The first-order valence-electron chi connectivity index (χ1n) is 5.14. The van der Waals surface area contributed by atoms with Gasteiger partial charge >= 0.3 is 5.97 Å². The molecule has 0 saturated heterocycles. The molecule has 1 heterocycles. The number of nitrogens with two attached hydrogens (primary N) is 1. The second kappa shape index (κ2) is 6.25. The maximum Gasteiger partial charge on any atom is 0.310 e. The molecule has 18 heavy (non-hydrogen) atoms. The molecule has 0 fully saturated rings. The van der Waals surface area contributed by atoms with Crippen molar-refractivity contribution in [3.8, 4) is 5.75 Å². The molecule has 0 spiro atoms. The third kappa shape index (κ3) is 2.92. The number of aromatic nitrogens is 1. The Kier molecular flexibility index (Phi) is 4.96. The van der Waals surface area contributed by atoms with E-state index < -0.39 is 18.1 Å². The number of carbonyl (C=O) groups excluding carboxylic acids is 1. The fraction of sp³-hybridized carbons (Fsp3) is 0.455. The standard InChI is InChI=1S/C11H14F2N2O3/c1-17-8(16)3-7-6(4-14)5-15-9(11(12)13)10(7)18-2/h5,11H,3-4,14H2,1-2H3. The lowest BCUT2D eigenvalue weighted by Gasteiger charge is -2.15. The molecule has 1 aromatic rings. The summed E-state index contributed by atoms with van der Waals surface area (Å²) < 4.78 is 34.9. The summed E-state index contributed by atoms with van der Waals surface area (Å²) >= 11 is 0. The van der Waals surface area contributed by atoms with Crippen LogP contribution in [0.3, 0.4) is 0 Å². The molecule has 0 aliphatic heterocycles. The smallest absolute Gasteiger partial charge is 0.310 e. The van der Waals surface area contributed by atoms with Gasteiger partial charge in [0.1, 0.15) is 11.4 Å². The van der Waals surface area contributed by atoms with Gasteiger partial charge in [0.05, 0.1) is 20.6 Å². The average Bonchev–Trinajstić information content (AvgIpc) is 2.37. The van der Waals surface area contributed by atoms with Crippen molar-refractivity contribution in [3.63, 3.8) is 0 Å². The third-order valence-corrected chi connectivity index (χ3v) is 2.43. The predicted octanol–water partition coefficient (Wildman–Crippen LogP) is 1.20. The molecule has 0 saturated carbocycles. The molecule has 0 aromatic carbocycles. The monoisotopic (exact) mass is 260 g/mol. The number of nitrogens with zero attached hydrogens (tertiary/aromatic N) is 1. The van der Waals surface area contributed by atoms with Crippen molar-refractivity contribution in [2.45, 2.75) is 19.4 Å². The van der Waals surface area contributed by atoms with Crippen LogP contribution in [0.25, 0.3) is 0 Å². The first-order valence-corrected chi connectivity index (χ1v) is 5.14. The zero-order valence-corrected chi connectivity index (χ0v) is 10.1. The average molecular weight is 260 g/mol. The molecule has 0 bridgehead atoms. The Hall–Kier alpha value is -1.76. The summed E-state index contributed by atoms with van der Waals surface area (Å²) in [5, 5.41) is 0. The van der Waals surface area contributed by atoms with E-state index in [0.29, 0.717) is 5.56 Å². The SMILES string of the molecule is COC(=O)Cc1c(CN)cnc(C(F)F)c1OC. The Morgan fingerprint density at radius 1 is 1.50 bits per heavy atom. The molecular formula is C11H14F2N2O3. The molecule has 7 heteroatoms. The van der Waals surface area contributed by atoms with Crippen molar-refractivity contribution in [1.82, 2.24) is 4.98 Å². The normalized spacial score (nSPS) is 10.6. The third-order valence-electron chi connectivity index (χ3n) is 2.43. The van der Waals surface area contributed by atoms with Crippen molar-refractivity contribution in [1.29, 1.82) is 0 Å². The number of rotatable bonds is 5. The van der Waals surface area contributed by atoms with Gasteiger partial charge in [0.25, 0.3) is 6.43 Å². The minimum absolute atomic E-state index is 0.0687. The van der Waals surface area contributed by atoms with Gasteiger partial charge in [-0.25, -0.2) is 8.78 Å². The molecule has 0 aliphatic carbocycles. The van der Waals surface area contributed by atoms with Crippen molar-refractivity contribution in [2.24, 2.45) is 5.73 Å². The highest BCUT2D eigenvalue weighted by Gasteiger charge is 2.23. The zero-order chi connectivity index (χ0) is 13.7. The van der Waals surface area contributed by atoms with E-state index in [1.165, 1.54) is 20.4 Å². The summed E-state index contributed by atoms with van der Waals surface area (Å²) in [6, 6.07) is 0. The number of esters is 1. The molecule has 2 N–H and O–H groups in total. The van der Waals surface area contributed by atoms with E-state index in [1.54, 1.807) is 0 Å². The first-order chi connectivity index (χ1) is 8.54. The number of halogens is 2. The predicted molar refractivity (Wildman–Crippen MR) is 59.4 cm³/mol. The Morgan fingerprint density at radius 2 is 2.17 bits per heavy atom. The van der Waals surface area contributed by atoms with Crippen LogP contribution in [0.2, 0.25) is 0 Å². The largest absolute Gasteiger partial charge is 0.494 e. The Morgan fingerprint density at radius 3 is 2.61 bits per heavy atom. The van der Waals surface area contributed by atoms with Gasteiger partial charge in [-0.05, 0) is 5.56 Å². The van der Waals surface area contributed by atoms with Gasteiger partial charge in [0.2, 0.25) is 0 Å². The number of ether oxygens (including phenoxy) is 2. The summed E-state index contributed by atoms with van der Waals surface area (Å²) in [5.41, 5.74) is 5.74. The van der Waals surface area contributed by atoms with Crippen LogP contribution in [-0.4, -0.2) is 25.2 Å². The van der Waals surface area contributed by atoms with E-state index in [1.807, 2.05) is 0 Å². The lowest BCUT2D eigenvalue weighted by Crippen LogP contribution is -2.13. The number of methoxy groups -OCH3 is 2. The summed E-state index contributed by atoms with van der Waals surface area (Å²) in [5.74, 6) is -0.673. The van der Waals surface area contributed by atoms with Crippen LogP contribution < -0.4 is 10.5 Å². The number of hydrogen-bond donors (Lipinski definition) is 1. The lowest BCUT2D eigenvalue weighted by molar-refractivity contribution is -0.139. The van der Waals surface area contributed by atoms with E-state index in [0.717, 1.165) is 0 Å². The zero-order valence-electron chi connectivity index (χ0n) is 10.1. The summed E-state index contributed by atoms with van der Waals surface area (Å²) in [4.78, 5) is 14.9. The Labute approximate surface area is 103 Å². The van der Waals surface area contributed by atoms with Crippen molar-refractivity contribution < 1.29 is 23.0 Å². The summed E-state index contributed by atoms with van der Waals surface area (Å²) in [6.45, 7) is 0.0687. The van der Waals surface area contributed by atoms with Gasteiger partial charge in [-0.15, -0.1) is 0 Å². The van der Waals surface area contributed by atoms with E-state index in [9.17, 15) is 13.6 Å². The molecule has 0 radical (unpaired) electrons. The van der Waals surface area contributed by atoms with Crippen LogP contribution in [0.4, 0.5) is 8.78 Å². The second-order valence-corrected chi connectivity index (χ2v) is 3.44. The van der Waals surface area contributed by atoms with Crippen molar-refractivity contribution >= 4 is 5.97 Å². The molecule has 5 nitrogen and oxygen atoms in total. The van der Waals surface area contributed by atoms with Gasteiger partial charge in [0, 0.05) is 18.3 Å². The molecular weight excluding hydrogens is 246 g/mol. The lowest BCUT2D eigenvalue weighted by atomic mass is 10.0. The fourth-order valence-corrected chi connectivity index (χ4v) is 1.55. The maximum absolute atomic E-state index is 12.8. The molecule has 1 aromatic heterocycles. The molecule has 0 aliphatic rings. The van der Waals surface area contributed by atoms with Gasteiger partial charge in [-0.3, -0.25) is 9.78 Å². The highest BCUT2D eigenvalue weighted by Crippen LogP contribution is 2.32. The van der Waals surface area contributed by atoms with Crippen LogP contribution in [0.5, 0.6) is 5.75 Å². The van der Waals surface area contributed by atoms with Crippen LogP contribution in [0.15, 0.2) is 6.20 Å². The van der Waals surface area contributed by atoms with E-state index in [4.69, 9.17) is 10.5 Å². The fourth-order valence-electron chi connectivity index (χ4n) is 1.55. The highest BCUT2D eigenvalue weighted by molar-refractivity contribution is 5.74. The second-order valence-electron chi connectivity index (χ2n) is 3.44. The number of carbonyl (C=O) groups is 1. The first kappa shape index (κ1) is 14.3. The van der Waals surface area contributed by atoms with Crippen LogP contribution in [0, 0.1) is 0 Å². The minimum Gasteiger partial charge on any atom is -0.494 e. The minimum atomic E-state index is -2.79. The quantitative estimate of drug-likeness (QED) is 0.805. The summed E-state index contributed by atoms with van der Waals surface area (Å²) in [6.07, 6.45) is -1.75. The van der Waals surface area contributed by atoms with Crippen LogP contribution in [-0.2, 0) is 22.5 Å².